The van der Waals surface area contributed by atoms with E-state index in [2.05, 4.69) is 43.5 Å². The van der Waals surface area contributed by atoms with Crippen LogP contribution in [0.25, 0.3) is 0 Å². The van der Waals surface area contributed by atoms with E-state index in [4.69, 9.17) is 5.73 Å². The van der Waals surface area contributed by atoms with Gasteiger partial charge in [0.05, 0.1) is 5.69 Å². The number of nitrogens with two attached hydrogens (primary N) is 1. The summed E-state index contributed by atoms with van der Waals surface area (Å²) in [6, 6.07) is 2.19. The fourth-order valence-corrected chi connectivity index (χ4v) is 2.26. The van der Waals surface area contributed by atoms with Crippen molar-refractivity contribution in [1.29, 1.82) is 0 Å². The Labute approximate surface area is 99.0 Å². The molecule has 1 rings (SSSR count). The van der Waals surface area contributed by atoms with Crippen LogP contribution < -0.4 is 5.73 Å². The van der Waals surface area contributed by atoms with Gasteiger partial charge in [0.1, 0.15) is 0 Å². The van der Waals surface area contributed by atoms with Crippen molar-refractivity contribution in [2.45, 2.75) is 47.1 Å². The second-order valence-electron chi connectivity index (χ2n) is 5.03. The van der Waals surface area contributed by atoms with Crippen LogP contribution in [0.1, 0.15) is 38.6 Å². The lowest BCUT2D eigenvalue weighted by Crippen LogP contribution is -2.20. The molecule has 1 atom stereocenters. The molecule has 1 aromatic rings. The maximum Gasteiger partial charge on any atom is 0.0596 e. The van der Waals surface area contributed by atoms with Crippen LogP contribution in [0.2, 0.25) is 0 Å². The summed E-state index contributed by atoms with van der Waals surface area (Å²) in [6.07, 6.45) is 2.26. The molecule has 0 aromatic carbocycles. The molecule has 0 amide bonds. The molecule has 92 valence electrons. The van der Waals surface area contributed by atoms with Gasteiger partial charge in [-0.1, -0.05) is 13.8 Å². The quantitative estimate of drug-likeness (QED) is 0.804. The van der Waals surface area contributed by atoms with Crippen LogP contribution in [0.5, 0.6) is 0 Å². The number of nitrogens with zero attached hydrogens (tertiary/aromatic N) is 2. The van der Waals surface area contributed by atoms with Crippen LogP contribution in [0.3, 0.4) is 0 Å². The van der Waals surface area contributed by atoms with Gasteiger partial charge >= 0.3 is 0 Å². The first-order chi connectivity index (χ1) is 7.56. The molecule has 0 bridgehead atoms. The molecule has 0 spiro atoms. The normalized spacial score (nSPS) is 13.4. The first-order valence-corrected chi connectivity index (χ1v) is 6.30. The van der Waals surface area contributed by atoms with Crippen molar-refractivity contribution in [2.24, 2.45) is 17.6 Å². The lowest BCUT2D eigenvalue weighted by molar-refractivity contribution is 0.404. The van der Waals surface area contributed by atoms with Gasteiger partial charge < -0.3 is 5.73 Å². The standard InChI is InChI=1S/C13H25N3/c1-5-16-13(7-11(4)15-16)8-12(9-14)6-10(2)3/h7,10,12H,5-6,8-9,14H2,1-4H3. The summed E-state index contributed by atoms with van der Waals surface area (Å²) < 4.78 is 2.10. The third kappa shape index (κ3) is 3.63. The van der Waals surface area contributed by atoms with E-state index in [1.165, 1.54) is 12.1 Å². The first kappa shape index (κ1) is 13.2. The average molecular weight is 223 g/mol. The summed E-state index contributed by atoms with van der Waals surface area (Å²) in [7, 11) is 0. The molecule has 0 saturated heterocycles. The van der Waals surface area contributed by atoms with Crippen LogP contribution in [0.15, 0.2) is 6.07 Å². The summed E-state index contributed by atoms with van der Waals surface area (Å²) in [5, 5.41) is 4.47. The van der Waals surface area contributed by atoms with Crippen LogP contribution in [-0.2, 0) is 13.0 Å². The van der Waals surface area contributed by atoms with Crippen LogP contribution >= 0.6 is 0 Å². The molecule has 0 radical (unpaired) electrons. The molecule has 3 nitrogen and oxygen atoms in total. The third-order valence-electron chi connectivity index (χ3n) is 2.92. The van der Waals surface area contributed by atoms with E-state index in [0.29, 0.717) is 11.8 Å². The minimum atomic E-state index is 0.585. The van der Waals surface area contributed by atoms with Crippen molar-refractivity contribution in [3.8, 4) is 0 Å². The van der Waals surface area contributed by atoms with E-state index >= 15 is 0 Å². The van der Waals surface area contributed by atoms with Crippen molar-refractivity contribution in [3.63, 3.8) is 0 Å². The van der Waals surface area contributed by atoms with E-state index in [0.717, 1.165) is 25.2 Å². The summed E-state index contributed by atoms with van der Waals surface area (Å²) >= 11 is 0. The monoisotopic (exact) mass is 223 g/mol. The zero-order valence-electron chi connectivity index (χ0n) is 11.0. The van der Waals surface area contributed by atoms with Crippen LogP contribution in [-0.4, -0.2) is 16.3 Å². The topological polar surface area (TPSA) is 43.8 Å². The molecule has 1 aromatic heterocycles. The van der Waals surface area contributed by atoms with Gasteiger partial charge in [0.15, 0.2) is 0 Å². The number of aromatic nitrogens is 2. The van der Waals surface area contributed by atoms with Gasteiger partial charge in [0.25, 0.3) is 0 Å². The van der Waals surface area contributed by atoms with E-state index in [1.54, 1.807) is 0 Å². The summed E-state index contributed by atoms with van der Waals surface area (Å²) in [6.45, 7) is 10.4. The predicted molar refractivity (Wildman–Crippen MR) is 68.3 cm³/mol. The molecule has 0 aliphatic carbocycles. The van der Waals surface area contributed by atoms with Gasteiger partial charge in [-0.3, -0.25) is 4.68 Å². The van der Waals surface area contributed by atoms with Gasteiger partial charge in [0.2, 0.25) is 0 Å². The fraction of sp³-hybridized carbons (Fsp3) is 0.769. The summed E-state index contributed by atoms with van der Waals surface area (Å²) in [4.78, 5) is 0. The molecule has 2 N–H and O–H groups in total. The molecular weight excluding hydrogens is 198 g/mol. The average Bonchev–Trinajstić information content (AvgIpc) is 2.57. The molecule has 3 heteroatoms. The van der Waals surface area contributed by atoms with Crippen LogP contribution in [0, 0.1) is 18.8 Å². The first-order valence-electron chi connectivity index (χ1n) is 6.30. The third-order valence-corrected chi connectivity index (χ3v) is 2.92. The summed E-state index contributed by atoms with van der Waals surface area (Å²) in [5.74, 6) is 1.30. The summed E-state index contributed by atoms with van der Waals surface area (Å²) in [5.41, 5.74) is 8.28. The van der Waals surface area contributed by atoms with E-state index in [9.17, 15) is 0 Å². The molecule has 0 saturated carbocycles. The molecule has 0 aliphatic heterocycles. The Morgan fingerprint density at radius 1 is 1.44 bits per heavy atom. The second kappa shape index (κ2) is 6.04. The maximum absolute atomic E-state index is 5.84. The second-order valence-corrected chi connectivity index (χ2v) is 5.03. The Balaban J connectivity index is 2.69. The minimum Gasteiger partial charge on any atom is -0.330 e. The lowest BCUT2D eigenvalue weighted by Gasteiger charge is -2.17. The lowest BCUT2D eigenvalue weighted by atomic mass is 9.93. The fourth-order valence-electron chi connectivity index (χ4n) is 2.26. The maximum atomic E-state index is 5.84. The molecular formula is C13H25N3. The molecule has 16 heavy (non-hydrogen) atoms. The van der Waals surface area contributed by atoms with Gasteiger partial charge in [-0.15, -0.1) is 0 Å². The zero-order valence-corrected chi connectivity index (χ0v) is 11.0. The highest BCUT2D eigenvalue weighted by atomic mass is 15.3. The highest BCUT2D eigenvalue weighted by molar-refractivity contribution is 5.09. The molecule has 1 heterocycles. The SMILES string of the molecule is CCn1nc(C)cc1CC(CN)CC(C)C. The van der Waals surface area contributed by atoms with Crippen molar-refractivity contribution >= 4 is 0 Å². The Morgan fingerprint density at radius 2 is 2.12 bits per heavy atom. The zero-order chi connectivity index (χ0) is 12.1. The molecule has 1 unspecified atom stereocenters. The highest BCUT2D eigenvalue weighted by Crippen LogP contribution is 2.17. The Hall–Kier alpha value is -0.830. The van der Waals surface area contributed by atoms with Crippen molar-refractivity contribution in [1.82, 2.24) is 9.78 Å². The molecule has 0 aliphatic rings. The van der Waals surface area contributed by atoms with Crippen molar-refractivity contribution < 1.29 is 0 Å². The van der Waals surface area contributed by atoms with Crippen molar-refractivity contribution in [2.75, 3.05) is 6.54 Å². The van der Waals surface area contributed by atoms with Crippen molar-refractivity contribution in [3.05, 3.63) is 17.5 Å². The number of hydrogen-bond acceptors (Lipinski definition) is 2. The Morgan fingerprint density at radius 3 is 2.62 bits per heavy atom. The van der Waals surface area contributed by atoms with Gasteiger partial charge in [-0.2, -0.15) is 5.10 Å². The molecule has 0 fully saturated rings. The highest BCUT2D eigenvalue weighted by Gasteiger charge is 2.13. The van der Waals surface area contributed by atoms with Crippen LogP contribution in [0.4, 0.5) is 0 Å². The van der Waals surface area contributed by atoms with Gasteiger partial charge in [-0.05, 0) is 51.1 Å². The minimum absolute atomic E-state index is 0.585. The van der Waals surface area contributed by atoms with E-state index < -0.39 is 0 Å². The number of hydrogen-bond donors (Lipinski definition) is 1. The predicted octanol–water partition coefficient (Wildman–Crippen LogP) is 2.37. The van der Waals surface area contributed by atoms with Gasteiger partial charge in [0, 0.05) is 12.2 Å². The Kier molecular flexibility index (Phi) is 5.00. The Bertz CT molecular complexity index is 315. The largest absolute Gasteiger partial charge is 0.330 e. The number of rotatable bonds is 6. The smallest absolute Gasteiger partial charge is 0.0596 e. The van der Waals surface area contributed by atoms with E-state index in [1.807, 2.05) is 0 Å². The van der Waals surface area contributed by atoms with E-state index in [-0.39, 0.29) is 0 Å². The van der Waals surface area contributed by atoms with Gasteiger partial charge in [-0.25, -0.2) is 0 Å². The number of aryl methyl sites for hydroxylation is 2.